The van der Waals surface area contributed by atoms with Gasteiger partial charge in [0.05, 0.1) is 5.75 Å². The molecule has 20 heavy (non-hydrogen) atoms. The zero-order valence-electron chi connectivity index (χ0n) is 12.6. The smallest absolute Gasteiger partial charge is 0.313 e. The van der Waals surface area contributed by atoms with Crippen LogP contribution in [0.1, 0.15) is 64.7 Å². The Bertz CT molecular complexity index is 421. The van der Waals surface area contributed by atoms with E-state index in [0.717, 1.165) is 23.8 Å². The highest BCUT2D eigenvalue weighted by molar-refractivity contribution is 7.99. The van der Waals surface area contributed by atoms with Crippen LogP contribution >= 0.6 is 11.8 Å². The van der Waals surface area contributed by atoms with Crippen molar-refractivity contribution >= 4 is 17.7 Å². The molecule has 0 saturated carbocycles. The number of carboxylic acids is 1. The number of nitrogens with zero attached hydrogens (tertiary/aromatic N) is 3. The van der Waals surface area contributed by atoms with Crippen LogP contribution in [-0.2, 0) is 11.2 Å². The van der Waals surface area contributed by atoms with Crippen LogP contribution in [0.3, 0.4) is 0 Å². The van der Waals surface area contributed by atoms with Gasteiger partial charge in [0.1, 0.15) is 5.82 Å². The van der Waals surface area contributed by atoms with Crippen molar-refractivity contribution in [2.45, 2.75) is 70.5 Å². The molecule has 0 radical (unpaired) electrons. The van der Waals surface area contributed by atoms with Gasteiger partial charge in [-0.3, -0.25) is 4.79 Å². The summed E-state index contributed by atoms with van der Waals surface area (Å²) in [6.45, 7) is 6.42. The minimum absolute atomic E-state index is 0.0321. The molecule has 6 heteroatoms. The van der Waals surface area contributed by atoms with Gasteiger partial charge >= 0.3 is 5.97 Å². The summed E-state index contributed by atoms with van der Waals surface area (Å²) in [6.07, 6.45) is 6.87. The van der Waals surface area contributed by atoms with Gasteiger partial charge in [-0.1, -0.05) is 51.3 Å². The summed E-state index contributed by atoms with van der Waals surface area (Å²) >= 11 is 1.25. The summed E-state index contributed by atoms with van der Waals surface area (Å²) in [5.74, 6) is 0.156. The number of hydrogen-bond acceptors (Lipinski definition) is 4. The molecule has 1 aromatic rings. The van der Waals surface area contributed by atoms with Crippen molar-refractivity contribution < 1.29 is 9.90 Å². The van der Waals surface area contributed by atoms with Crippen molar-refractivity contribution in [2.75, 3.05) is 5.75 Å². The summed E-state index contributed by atoms with van der Waals surface area (Å²) in [7, 11) is 0. The quantitative estimate of drug-likeness (QED) is 0.528. The molecular weight excluding hydrogens is 274 g/mol. The highest BCUT2D eigenvalue weighted by Crippen LogP contribution is 2.25. The topological polar surface area (TPSA) is 68.0 Å². The fraction of sp³-hybridized carbons (Fsp3) is 0.786. The van der Waals surface area contributed by atoms with Gasteiger partial charge in [0.25, 0.3) is 0 Å². The minimum atomic E-state index is -0.821. The van der Waals surface area contributed by atoms with Gasteiger partial charge in [-0.25, -0.2) is 0 Å². The molecule has 5 nitrogen and oxygen atoms in total. The highest BCUT2D eigenvalue weighted by atomic mass is 32.2. The SMILES string of the molecule is CCCCCCC(C)n1c(CC)nnc1SCC(=O)O. The van der Waals surface area contributed by atoms with Gasteiger partial charge in [0, 0.05) is 12.5 Å². The second kappa shape index (κ2) is 9.00. The molecule has 1 rings (SSSR count). The lowest BCUT2D eigenvalue weighted by Gasteiger charge is -2.17. The zero-order chi connectivity index (χ0) is 15.0. The van der Waals surface area contributed by atoms with Crippen LogP contribution in [0.5, 0.6) is 0 Å². The molecule has 0 aromatic carbocycles. The lowest BCUT2D eigenvalue weighted by molar-refractivity contribution is -0.133. The molecule has 0 saturated heterocycles. The molecule has 1 N–H and O–H groups in total. The second-order valence-electron chi connectivity index (χ2n) is 5.00. The minimum Gasteiger partial charge on any atom is -0.481 e. The molecule has 0 bridgehead atoms. The Hall–Kier alpha value is -1.04. The summed E-state index contributed by atoms with van der Waals surface area (Å²) in [4.78, 5) is 10.7. The fourth-order valence-corrected chi connectivity index (χ4v) is 2.99. The predicted molar refractivity (Wildman–Crippen MR) is 81.2 cm³/mol. The molecule has 0 aliphatic rings. The Kier molecular flexibility index (Phi) is 7.65. The van der Waals surface area contributed by atoms with Crippen molar-refractivity contribution in [1.82, 2.24) is 14.8 Å². The first kappa shape index (κ1) is 17.0. The van der Waals surface area contributed by atoms with Crippen molar-refractivity contribution in [3.05, 3.63) is 5.82 Å². The molecule has 0 aliphatic heterocycles. The third-order valence-corrected chi connectivity index (χ3v) is 4.22. The van der Waals surface area contributed by atoms with E-state index in [1.165, 1.54) is 37.4 Å². The number of carboxylic acid groups (broad SMARTS) is 1. The van der Waals surface area contributed by atoms with E-state index in [9.17, 15) is 4.79 Å². The molecule has 0 amide bonds. The largest absolute Gasteiger partial charge is 0.481 e. The molecule has 1 aromatic heterocycles. The maximum absolute atomic E-state index is 10.7. The third-order valence-electron chi connectivity index (χ3n) is 3.29. The van der Waals surface area contributed by atoms with E-state index in [0.29, 0.717) is 6.04 Å². The molecule has 1 unspecified atom stereocenters. The van der Waals surface area contributed by atoms with Crippen molar-refractivity contribution in [3.63, 3.8) is 0 Å². The monoisotopic (exact) mass is 299 g/mol. The molecular formula is C14H25N3O2S. The molecule has 114 valence electrons. The van der Waals surface area contributed by atoms with E-state index in [1.54, 1.807) is 0 Å². The molecule has 0 fully saturated rings. The number of hydrogen-bond donors (Lipinski definition) is 1. The normalized spacial score (nSPS) is 12.6. The van der Waals surface area contributed by atoms with E-state index in [1.807, 2.05) is 0 Å². The number of thioether (sulfide) groups is 1. The molecule has 0 spiro atoms. The number of rotatable bonds is 10. The van der Waals surface area contributed by atoms with Crippen LogP contribution in [0.4, 0.5) is 0 Å². The highest BCUT2D eigenvalue weighted by Gasteiger charge is 2.17. The van der Waals surface area contributed by atoms with Crippen LogP contribution in [0, 0.1) is 0 Å². The second-order valence-corrected chi connectivity index (χ2v) is 5.95. The lowest BCUT2D eigenvalue weighted by atomic mass is 10.1. The van der Waals surface area contributed by atoms with Crippen LogP contribution in [0.15, 0.2) is 5.16 Å². The van der Waals surface area contributed by atoms with Crippen molar-refractivity contribution in [2.24, 2.45) is 0 Å². The molecule has 1 heterocycles. The Balaban J connectivity index is 2.68. The zero-order valence-corrected chi connectivity index (χ0v) is 13.4. The standard InChI is InChI=1S/C14H25N3O2S/c1-4-6-7-8-9-11(3)17-12(5-2)15-16-14(17)20-10-13(18)19/h11H,4-10H2,1-3H3,(H,18,19). The Morgan fingerprint density at radius 2 is 2.05 bits per heavy atom. The number of aryl methyl sites for hydroxylation is 1. The fourth-order valence-electron chi connectivity index (χ4n) is 2.21. The van der Waals surface area contributed by atoms with Crippen LogP contribution in [0.2, 0.25) is 0 Å². The van der Waals surface area contributed by atoms with E-state index in [4.69, 9.17) is 5.11 Å². The van der Waals surface area contributed by atoms with E-state index in [2.05, 4.69) is 35.5 Å². The van der Waals surface area contributed by atoms with Gasteiger partial charge in [-0.05, 0) is 13.3 Å². The first-order valence-corrected chi connectivity index (χ1v) is 8.37. The van der Waals surface area contributed by atoms with E-state index < -0.39 is 5.97 Å². The Morgan fingerprint density at radius 3 is 2.65 bits per heavy atom. The van der Waals surface area contributed by atoms with Crippen molar-refractivity contribution in [3.8, 4) is 0 Å². The summed E-state index contributed by atoms with van der Waals surface area (Å²) in [5, 5.41) is 17.8. The predicted octanol–water partition coefficient (Wildman–Crippen LogP) is 3.55. The van der Waals surface area contributed by atoms with Crippen LogP contribution in [-0.4, -0.2) is 31.6 Å². The maximum Gasteiger partial charge on any atom is 0.313 e. The van der Waals surface area contributed by atoms with Crippen LogP contribution < -0.4 is 0 Å². The Morgan fingerprint density at radius 1 is 1.30 bits per heavy atom. The van der Waals surface area contributed by atoms with Gasteiger partial charge in [-0.2, -0.15) is 0 Å². The number of carbonyl (C=O) groups is 1. The van der Waals surface area contributed by atoms with Gasteiger partial charge in [0.15, 0.2) is 5.16 Å². The van der Waals surface area contributed by atoms with Crippen molar-refractivity contribution in [1.29, 1.82) is 0 Å². The summed E-state index contributed by atoms with van der Waals surface area (Å²) < 4.78 is 2.11. The van der Waals surface area contributed by atoms with E-state index in [-0.39, 0.29) is 5.75 Å². The van der Waals surface area contributed by atoms with Gasteiger partial charge in [0.2, 0.25) is 0 Å². The first-order valence-electron chi connectivity index (χ1n) is 7.38. The maximum atomic E-state index is 10.7. The molecule has 0 aliphatic carbocycles. The lowest BCUT2D eigenvalue weighted by Crippen LogP contribution is -2.11. The van der Waals surface area contributed by atoms with Gasteiger partial charge < -0.3 is 9.67 Å². The van der Waals surface area contributed by atoms with E-state index >= 15 is 0 Å². The first-order chi connectivity index (χ1) is 9.60. The third kappa shape index (κ3) is 5.15. The van der Waals surface area contributed by atoms with Gasteiger partial charge in [-0.15, -0.1) is 10.2 Å². The average Bonchev–Trinajstić information content (AvgIpc) is 2.84. The Labute approximate surface area is 125 Å². The number of unbranched alkanes of at least 4 members (excludes halogenated alkanes) is 3. The summed E-state index contributed by atoms with van der Waals surface area (Å²) in [5.41, 5.74) is 0. The summed E-state index contributed by atoms with van der Waals surface area (Å²) in [6, 6.07) is 0.327. The average molecular weight is 299 g/mol. The molecule has 1 atom stereocenters. The number of aliphatic carboxylic acids is 1. The van der Waals surface area contributed by atoms with Crippen LogP contribution in [0.25, 0.3) is 0 Å². The number of aromatic nitrogens is 3.